The van der Waals surface area contributed by atoms with Gasteiger partial charge in [-0.1, -0.05) is 19.0 Å². The molecule has 0 saturated heterocycles. The van der Waals surface area contributed by atoms with Crippen LogP contribution in [0.5, 0.6) is 17.2 Å². The van der Waals surface area contributed by atoms with E-state index in [2.05, 4.69) is 34.6 Å². The summed E-state index contributed by atoms with van der Waals surface area (Å²) in [6.07, 6.45) is 0. The first-order valence-electron chi connectivity index (χ1n) is 9.30. The molecule has 162 valence electrons. The number of nitrogens with zero attached hydrogens (tertiary/aromatic N) is 2. The number of aliphatic imine (C=N–C) groups is 1. The second-order valence-corrected chi connectivity index (χ2v) is 6.41. The largest absolute Gasteiger partial charge is 0.493 e. The number of nitrogens with one attached hydrogen (secondary N) is 2. The first-order chi connectivity index (χ1) is 13.5. The number of hydrogen-bond donors (Lipinski definition) is 2. The minimum atomic E-state index is 0. The molecule has 1 heterocycles. The van der Waals surface area contributed by atoms with Crippen LogP contribution >= 0.6 is 24.0 Å². The van der Waals surface area contributed by atoms with E-state index < -0.39 is 0 Å². The van der Waals surface area contributed by atoms with Crippen molar-refractivity contribution in [2.24, 2.45) is 4.99 Å². The van der Waals surface area contributed by atoms with Crippen LogP contribution < -0.4 is 24.8 Å². The highest BCUT2D eigenvalue weighted by Crippen LogP contribution is 2.38. The van der Waals surface area contributed by atoms with Crippen molar-refractivity contribution in [1.82, 2.24) is 15.8 Å². The van der Waals surface area contributed by atoms with Crippen molar-refractivity contribution in [2.45, 2.75) is 39.8 Å². The van der Waals surface area contributed by atoms with E-state index in [1.54, 1.807) is 21.3 Å². The smallest absolute Gasteiger partial charge is 0.203 e. The van der Waals surface area contributed by atoms with Crippen molar-refractivity contribution < 1.29 is 18.7 Å². The van der Waals surface area contributed by atoms with Crippen LogP contribution in [0.4, 0.5) is 0 Å². The van der Waals surface area contributed by atoms with Gasteiger partial charge in [-0.2, -0.15) is 0 Å². The number of ether oxygens (including phenoxy) is 3. The molecular formula is C20H31IN4O4. The lowest BCUT2D eigenvalue weighted by atomic mass is 10.1. The third kappa shape index (κ3) is 6.98. The van der Waals surface area contributed by atoms with Gasteiger partial charge in [-0.15, -0.1) is 24.0 Å². The van der Waals surface area contributed by atoms with Crippen LogP contribution in [0.25, 0.3) is 0 Å². The van der Waals surface area contributed by atoms with Crippen molar-refractivity contribution >= 4 is 29.9 Å². The molecule has 0 radical (unpaired) electrons. The third-order valence-electron chi connectivity index (χ3n) is 4.09. The summed E-state index contributed by atoms with van der Waals surface area (Å²) in [6.45, 7) is 7.63. The van der Waals surface area contributed by atoms with Gasteiger partial charge in [0.15, 0.2) is 23.2 Å². The Hall–Kier alpha value is -2.17. The maximum Gasteiger partial charge on any atom is 0.203 e. The molecule has 0 aliphatic carbocycles. The summed E-state index contributed by atoms with van der Waals surface area (Å²) in [5.41, 5.74) is 1.91. The van der Waals surface area contributed by atoms with E-state index in [1.807, 2.05) is 25.1 Å². The number of aromatic nitrogens is 1. The molecule has 9 heteroatoms. The molecule has 2 aromatic rings. The Kier molecular flexibility index (Phi) is 10.6. The minimum absolute atomic E-state index is 0. The van der Waals surface area contributed by atoms with Crippen molar-refractivity contribution in [3.05, 3.63) is 35.2 Å². The highest BCUT2D eigenvalue weighted by molar-refractivity contribution is 14.0. The molecule has 1 aromatic carbocycles. The highest BCUT2D eigenvalue weighted by atomic mass is 127. The van der Waals surface area contributed by atoms with Gasteiger partial charge in [0.1, 0.15) is 0 Å². The van der Waals surface area contributed by atoms with Gasteiger partial charge in [0, 0.05) is 19.7 Å². The normalized spacial score (nSPS) is 11.1. The van der Waals surface area contributed by atoms with Crippen molar-refractivity contribution in [1.29, 1.82) is 0 Å². The van der Waals surface area contributed by atoms with E-state index in [0.717, 1.165) is 17.0 Å². The van der Waals surface area contributed by atoms with E-state index in [9.17, 15) is 0 Å². The topological polar surface area (TPSA) is 90.1 Å². The molecule has 0 unspecified atom stereocenters. The minimum Gasteiger partial charge on any atom is -0.493 e. The average molecular weight is 518 g/mol. The lowest BCUT2D eigenvalue weighted by Gasteiger charge is -2.16. The van der Waals surface area contributed by atoms with Crippen LogP contribution in [0, 0.1) is 0 Å². The number of hydrogen-bond acceptors (Lipinski definition) is 6. The summed E-state index contributed by atoms with van der Waals surface area (Å²) in [5, 5.41) is 10.5. The monoisotopic (exact) mass is 518 g/mol. The molecule has 1 aromatic heterocycles. The highest BCUT2D eigenvalue weighted by Gasteiger charge is 2.14. The molecule has 0 amide bonds. The molecule has 2 rings (SSSR count). The number of guanidine groups is 1. The summed E-state index contributed by atoms with van der Waals surface area (Å²) < 4.78 is 21.9. The van der Waals surface area contributed by atoms with Gasteiger partial charge < -0.3 is 29.4 Å². The van der Waals surface area contributed by atoms with Crippen LogP contribution in [0.3, 0.4) is 0 Å². The second kappa shape index (κ2) is 12.4. The van der Waals surface area contributed by atoms with Crippen LogP contribution in [-0.2, 0) is 13.1 Å². The van der Waals surface area contributed by atoms with Crippen LogP contribution in [0.15, 0.2) is 27.7 Å². The summed E-state index contributed by atoms with van der Waals surface area (Å²) in [5.74, 6) is 3.60. The van der Waals surface area contributed by atoms with Gasteiger partial charge in [0.05, 0.1) is 33.1 Å². The van der Waals surface area contributed by atoms with E-state index in [-0.39, 0.29) is 24.0 Å². The van der Waals surface area contributed by atoms with Crippen LogP contribution in [-0.4, -0.2) is 39.0 Å². The van der Waals surface area contributed by atoms with Gasteiger partial charge in [0.2, 0.25) is 5.75 Å². The summed E-state index contributed by atoms with van der Waals surface area (Å²) in [6, 6.07) is 5.78. The standard InChI is InChI=1S/C20H30N4O4.HI/c1-7-27-19-17(25-5)8-14(9-18(19)26-6)11-22-20(21-4)23-12-15-10-16(13(2)3)24-28-15;/h8-10,13H,7,11-12H2,1-6H3,(H2,21,22,23);1H. The van der Waals surface area contributed by atoms with Crippen molar-refractivity contribution in [2.75, 3.05) is 27.9 Å². The number of rotatable bonds is 9. The SMILES string of the molecule is CCOc1c(OC)cc(CNC(=NC)NCc2cc(C(C)C)no2)cc1OC.I. The van der Waals surface area contributed by atoms with Gasteiger partial charge in [-0.05, 0) is 30.5 Å². The number of methoxy groups -OCH3 is 2. The van der Waals surface area contributed by atoms with E-state index in [0.29, 0.717) is 48.8 Å². The quantitative estimate of drug-likeness (QED) is 0.297. The molecule has 0 fully saturated rings. The Morgan fingerprint density at radius 1 is 1.10 bits per heavy atom. The molecule has 0 spiro atoms. The van der Waals surface area contributed by atoms with Gasteiger partial charge in [-0.25, -0.2) is 0 Å². The van der Waals surface area contributed by atoms with Gasteiger partial charge in [-0.3, -0.25) is 4.99 Å². The predicted molar refractivity (Wildman–Crippen MR) is 124 cm³/mol. The Labute approximate surface area is 189 Å². The molecule has 29 heavy (non-hydrogen) atoms. The molecular weight excluding hydrogens is 487 g/mol. The Bertz CT molecular complexity index is 768. The van der Waals surface area contributed by atoms with Crippen molar-refractivity contribution in [3.8, 4) is 17.2 Å². The number of halogens is 1. The number of benzene rings is 1. The fraction of sp³-hybridized carbons (Fsp3) is 0.500. The van der Waals surface area contributed by atoms with Crippen molar-refractivity contribution in [3.63, 3.8) is 0 Å². The first-order valence-corrected chi connectivity index (χ1v) is 9.30. The zero-order chi connectivity index (χ0) is 20.5. The lowest BCUT2D eigenvalue weighted by Crippen LogP contribution is -2.36. The Morgan fingerprint density at radius 3 is 2.21 bits per heavy atom. The Morgan fingerprint density at radius 2 is 1.72 bits per heavy atom. The molecule has 0 saturated carbocycles. The van der Waals surface area contributed by atoms with Gasteiger partial charge in [0.25, 0.3) is 0 Å². The lowest BCUT2D eigenvalue weighted by molar-refractivity contribution is 0.288. The molecule has 0 atom stereocenters. The second-order valence-electron chi connectivity index (χ2n) is 6.41. The maximum absolute atomic E-state index is 5.64. The Balaban J connectivity index is 0.00000420. The van der Waals surface area contributed by atoms with E-state index in [1.165, 1.54) is 0 Å². The van der Waals surface area contributed by atoms with Crippen LogP contribution in [0.2, 0.25) is 0 Å². The van der Waals surface area contributed by atoms with E-state index in [4.69, 9.17) is 18.7 Å². The first kappa shape index (κ1) is 24.9. The van der Waals surface area contributed by atoms with E-state index >= 15 is 0 Å². The molecule has 0 aliphatic heterocycles. The zero-order valence-corrected chi connectivity index (χ0v) is 20.2. The van der Waals surface area contributed by atoms with Gasteiger partial charge >= 0.3 is 0 Å². The molecule has 0 aliphatic rings. The fourth-order valence-electron chi connectivity index (χ4n) is 2.58. The fourth-order valence-corrected chi connectivity index (χ4v) is 2.58. The average Bonchev–Trinajstić information content (AvgIpc) is 3.18. The maximum atomic E-state index is 5.64. The summed E-state index contributed by atoms with van der Waals surface area (Å²) in [4.78, 5) is 4.24. The van der Waals surface area contributed by atoms with Crippen LogP contribution in [0.1, 0.15) is 43.7 Å². The molecule has 0 bridgehead atoms. The predicted octanol–water partition coefficient (Wildman–Crippen LogP) is 3.70. The third-order valence-corrected chi connectivity index (χ3v) is 4.09. The summed E-state index contributed by atoms with van der Waals surface area (Å²) in [7, 11) is 4.93. The summed E-state index contributed by atoms with van der Waals surface area (Å²) >= 11 is 0. The molecule has 2 N–H and O–H groups in total. The zero-order valence-electron chi connectivity index (χ0n) is 17.9. The molecule has 8 nitrogen and oxygen atoms in total.